The summed E-state index contributed by atoms with van der Waals surface area (Å²) in [5.41, 5.74) is 3.40. The van der Waals surface area contributed by atoms with Crippen LogP contribution in [-0.2, 0) is 25.5 Å². The molecule has 7 nitrogen and oxygen atoms in total. The third-order valence-electron chi connectivity index (χ3n) is 3.88. The minimum Gasteiger partial charge on any atom is -0.394 e. The molecule has 0 bridgehead atoms. The fourth-order valence-corrected chi connectivity index (χ4v) is 2.35. The zero-order valence-corrected chi connectivity index (χ0v) is 17.3. The zero-order valence-electron chi connectivity index (χ0n) is 17.3. The molecule has 0 radical (unpaired) electrons. The first-order chi connectivity index (χ1) is 14.7. The first kappa shape index (κ1) is 25.1. The largest absolute Gasteiger partial charge is 0.394 e. The molecule has 0 fully saturated rings. The number of rotatable bonds is 12. The normalized spacial score (nSPS) is 9.67. The Kier molecular flexibility index (Phi) is 14.2. The van der Waals surface area contributed by atoms with E-state index in [0.29, 0.717) is 31.2 Å². The number of carbonyl (C=O) groups excluding carboxylic acids is 2. The highest BCUT2D eigenvalue weighted by Gasteiger charge is 1.98. The minimum atomic E-state index is 0.0922. The Morgan fingerprint density at radius 1 is 0.767 bits per heavy atom. The van der Waals surface area contributed by atoms with Gasteiger partial charge >= 0.3 is 0 Å². The average molecular weight is 412 g/mol. The number of nitrogens with zero attached hydrogens (tertiary/aromatic N) is 2. The van der Waals surface area contributed by atoms with Crippen LogP contribution in [0.5, 0.6) is 0 Å². The number of benzene rings is 2. The second kappa shape index (κ2) is 17.0. The van der Waals surface area contributed by atoms with Crippen molar-refractivity contribution in [2.45, 2.75) is 26.2 Å². The summed E-state index contributed by atoms with van der Waals surface area (Å²) in [6, 6.07) is 14.7. The van der Waals surface area contributed by atoms with Crippen molar-refractivity contribution in [1.82, 2.24) is 0 Å². The lowest BCUT2D eigenvalue weighted by Crippen LogP contribution is -2.07. The Bertz CT molecular complexity index is 726. The van der Waals surface area contributed by atoms with Gasteiger partial charge in [0.2, 0.25) is 12.2 Å². The highest BCUT2D eigenvalue weighted by molar-refractivity contribution is 5.51. The zero-order chi connectivity index (χ0) is 21.9. The van der Waals surface area contributed by atoms with E-state index >= 15 is 0 Å². The van der Waals surface area contributed by atoms with Crippen molar-refractivity contribution in [3.8, 4) is 0 Å². The van der Waals surface area contributed by atoms with Crippen molar-refractivity contribution in [3.63, 3.8) is 0 Å². The summed E-state index contributed by atoms with van der Waals surface area (Å²) in [4.78, 5) is 27.3. The van der Waals surface area contributed by atoms with Crippen LogP contribution in [-0.4, -0.2) is 50.3 Å². The summed E-state index contributed by atoms with van der Waals surface area (Å²) >= 11 is 0. The smallest absolute Gasteiger partial charge is 0.240 e. The lowest BCUT2D eigenvalue weighted by atomic mass is 10.0. The Hall–Kier alpha value is -2.92. The number of aliphatic imine (C=N–C) groups is 2. The number of hydrogen-bond donors (Lipinski definition) is 1. The maximum atomic E-state index is 10.1. The molecule has 0 aliphatic heterocycles. The predicted molar refractivity (Wildman–Crippen MR) is 115 cm³/mol. The lowest BCUT2D eigenvalue weighted by Gasteiger charge is -2.02. The van der Waals surface area contributed by atoms with Gasteiger partial charge in [0, 0.05) is 6.61 Å². The molecule has 0 aliphatic rings. The fourth-order valence-electron chi connectivity index (χ4n) is 2.35. The number of isocyanates is 2. The van der Waals surface area contributed by atoms with Gasteiger partial charge in [0.1, 0.15) is 0 Å². The fraction of sp³-hybridized carbons (Fsp3) is 0.391. The first-order valence-electron chi connectivity index (χ1n) is 9.83. The Labute approximate surface area is 177 Å². The SMILES string of the molecule is CCCCOCCOCCO.O=C=Nc1ccc(Cc2ccc(N=C=O)cc2)cc1. The molecule has 2 rings (SSSR count). The molecule has 0 amide bonds. The molecule has 0 unspecified atom stereocenters. The van der Waals surface area contributed by atoms with Crippen molar-refractivity contribution in [3.05, 3.63) is 59.7 Å². The molecule has 0 heterocycles. The van der Waals surface area contributed by atoms with Gasteiger partial charge in [-0.1, -0.05) is 37.6 Å². The number of hydrogen-bond acceptors (Lipinski definition) is 7. The molecule has 1 N–H and O–H groups in total. The van der Waals surface area contributed by atoms with Crippen LogP contribution in [0.2, 0.25) is 0 Å². The van der Waals surface area contributed by atoms with Crippen LogP contribution in [0.1, 0.15) is 30.9 Å². The van der Waals surface area contributed by atoms with E-state index in [0.717, 1.165) is 37.0 Å². The number of ether oxygens (including phenoxy) is 2. The van der Waals surface area contributed by atoms with Crippen LogP contribution >= 0.6 is 0 Å². The molecule has 0 aromatic heterocycles. The molecule has 2 aromatic rings. The average Bonchev–Trinajstić information content (AvgIpc) is 2.77. The van der Waals surface area contributed by atoms with E-state index in [1.165, 1.54) is 12.2 Å². The summed E-state index contributed by atoms with van der Waals surface area (Å²) in [5, 5.41) is 8.34. The summed E-state index contributed by atoms with van der Waals surface area (Å²) in [5.74, 6) is 0. The molecule has 0 atom stereocenters. The van der Waals surface area contributed by atoms with Gasteiger partial charge < -0.3 is 14.6 Å². The minimum absolute atomic E-state index is 0.0922. The Balaban J connectivity index is 0.000000352. The van der Waals surface area contributed by atoms with Crippen molar-refractivity contribution in [1.29, 1.82) is 0 Å². The van der Waals surface area contributed by atoms with Crippen LogP contribution < -0.4 is 0 Å². The van der Waals surface area contributed by atoms with E-state index in [1.807, 2.05) is 24.3 Å². The van der Waals surface area contributed by atoms with E-state index in [9.17, 15) is 9.59 Å². The third kappa shape index (κ3) is 11.8. The van der Waals surface area contributed by atoms with Crippen molar-refractivity contribution in [2.75, 3.05) is 33.0 Å². The second-order valence-corrected chi connectivity index (χ2v) is 6.22. The van der Waals surface area contributed by atoms with Crippen LogP contribution in [0, 0.1) is 0 Å². The summed E-state index contributed by atoms with van der Waals surface area (Å²) in [6.45, 7) is 4.68. The van der Waals surface area contributed by atoms with E-state index in [2.05, 4.69) is 16.9 Å². The Morgan fingerprint density at radius 2 is 1.23 bits per heavy atom. The predicted octanol–water partition coefficient (Wildman–Crippen LogP) is 4.02. The lowest BCUT2D eigenvalue weighted by molar-refractivity contribution is 0.0324. The van der Waals surface area contributed by atoms with E-state index in [-0.39, 0.29) is 6.61 Å². The number of unbranched alkanes of at least 4 members (excludes halogenated alkanes) is 1. The van der Waals surface area contributed by atoms with Crippen molar-refractivity contribution in [2.24, 2.45) is 9.98 Å². The Morgan fingerprint density at radius 3 is 1.63 bits per heavy atom. The van der Waals surface area contributed by atoms with Gasteiger partial charge in [-0.15, -0.1) is 0 Å². The van der Waals surface area contributed by atoms with Gasteiger partial charge in [-0.3, -0.25) is 0 Å². The molecule has 2 aromatic carbocycles. The van der Waals surface area contributed by atoms with Gasteiger partial charge in [-0.25, -0.2) is 9.59 Å². The first-order valence-corrected chi connectivity index (χ1v) is 9.83. The maximum absolute atomic E-state index is 10.1. The second-order valence-electron chi connectivity index (χ2n) is 6.22. The highest BCUT2D eigenvalue weighted by atomic mass is 16.5. The number of aliphatic hydroxyl groups is 1. The third-order valence-corrected chi connectivity index (χ3v) is 3.88. The molecule has 0 spiro atoms. The highest BCUT2D eigenvalue weighted by Crippen LogP contribution is 2.17. The molecular weight excluding hydrogens is 384 g/mol. The van der Waals surface area contributed by atoms with Crippen LogP contribution in [0.25, 0.3) is 0 Å². The van der Waals surface area contributed by atoms with Crippen LogP contribution in [0.3, 0.4) is 0 Å². The molecule has 7 heteroatoms. The molecule has 0 saturated carbocycles. The molecular formula is C23H28N2O5. The summed E-state index contributed by atoms with van der Waals surface area (Å²) in [7, 11) is 0. The summed E-state index contributed by atoms with van der Waals surface area (Å²) < 4.78 is 10.2. The van der Waals surface area contributed by atoms with Gasteiger partial charge in [0.15, 0.2) is 0 Å². The van der Waals surface area contributed by atoms with Crippen LogP contribution in [0.15, 0.2) is 58.5 Å². The van der Waals surface area contributed by atoms with Crippen molar-refractivity contribution < 1.29 is 24.2 Å². The summed E-state index contributed by atoms with van der Waals surface area (Å²) in [6.07, 6.45) is 6.04. The molecule has 0 aliphatic carbocycles. The topological polar surface area (TPSA) is 97.6 Å². The van der Waals surface area contributed by atoms with E-state index < -0.39 is 0 Å². The molecule has 160 valence electrons. The van der Waals surface area contributed by atoms with E-state index in [1.54, 1.807) is 24.3 Å². The van der Waals surface area contributed by atoms with Gasteiger partial charge in [-0.2, -0.15) is 9.98 Å². The number of aliphatic hydroxyl groups excluding tert-OH is 1. The van der Waals surface area contributed by atoms with Crippen molar-refractivity contribution >= 4 is 23.5 Å². The quantitative estimate of drug-likeness (QED) is 0.322. The molecule has 0 saturated heterocycles. The van der Waals surface area contributed by atoms with Gasteiger partial charge in [0.05, 0.1) is 37.8 Å². The van der Waals surface area contributed by atoms with Gasteiger partial charge in [0.25, 0.3) is 0 Å². The van der Waals surface area contributed by atoms with Crippen LogP contribution in [0.4, 0.5) is 11.4 Å². The van der Waals surface area contributed by atoms with Gasteiger partial charge in [-0.05, 0) is 48.2 Å². The standard InChI is InChI=1S/C15H10N2O2.C8H18O3/c18-10-16-14-5-1-12(2-6-14)9-13-3-7-15(8-4-13)17-11-19;1-2-3-5-10-7-8-11-6-4-9/h1-8H,9H2;9H,2-8H2,1H3. The maximum Gasteiger partial charge on any atom is 0.240 e. The monoisotopic (exact) mass is 412 g/mol. The molecule has 30 heavy (non-hydrogen) atoms. The van der Waals surface area contributed by atoms with E-state index in [4.69, 9.17) is 14.6 Å².